The van der Waals surface area contributed by atoms with E-state index in [0.717, 1.165) is 25.9 Å². The van der Waals surface area contributed by atoms with Crippen molar-refractivity contribution in [3.8, 4) is 0 Å². The van der Waals surface area contributed by atoms with Gasteiger partial charge in [-0.1, -0.05) is 0 Å². The highest BCUT2D eigenvalue weighted by molar-refractivity contribution is 7.90. The van der Waals surface area contributed by atoms with Crippen LogP contribution in [0.1, 0.15) is 41.3 Å². The molecule has 0 atom stereocenters. The topological polar surface area (TPSA) is 87.6 Å². The molecule has 1 aliphatic heterocycles. The molecule has 0 aliphatic carbocycles. The largest absolute Gasteiger partial charge is 0.322 e. The van der Waals surface area contributed by atoms with Gasteiger partial charge >= 0.3 is 0 Å². The van der Waals surface area contributed by atoms with E-state index < -0.39 is 15.8 Å². The average Bonchev–Trinajstić information content (AvgIpc) is 2.69. The molecule has 0 spiro atoms. The second kappa shape index (κ2) is 9.06. The molecule has 30 heavy (non-hydrogen) atoms. The summed E-state index contributed by atoms with van der Waals surface area (Å²) in [6, 6.07) is 8.43. The van der Waals surface area contributed by atoms with Crippen LogP contribution in [0.5, 0.6) is 0 Å². The van der Waals surface area contributed by atoms with Gasteiger partial charge in [0.05, 0.1) is 4.90 Å². The van der Waals surface area contributed by atoms with E-state index in [-0.39, 0.29) is 16.7 Å². The third-order valence-electron chi connectivity index (χ3n) is 5.37. The molecule has 0 saturated carbocycles. The van der Waals surface area contributed by atoms with Crippen LogP contribution in [0.2, 0.25) is 0 Å². The van der Waals surface area contributed by atoms with Gasteiger partial charge in [0, 0.05) is 22.9 Å². The fourth-order valence-electron chi connectivity index (χ4n) is 3.56. The molecule has 1 aliphatic rings. The van der Waals surface area contributed by atoms with Crippen LogP contribution in [0.15, 0.2) is 45.7 Å². The number of rotatable bonds is 5. The summed E-state index contributed by atoms with van der Waals surface area (Å²) in [4.78, 5) is 12.6. The third-order valence-corrected chi connectivity index (χ3v) is 6.75. The standard InChI is InChI=1S/C22H26FN3O3S/c1-14-12-18(23)4-6-20(14)22(27)25-21-7-5-19(13-15(21)2)30(28,29)26-16(3)17-8-10-24-11-9-17/h4-7,12-13,17,24H,8-11H2,1-3H3,(H,25,27). The van der Waals surface area contributed by atoms with Gasteiger partial charge in [-0.25, -0.2) is 4.39 Å². The number of amides is 1. The Kier molecular flexibility index (Phi) is 6.67. The highest BCUT2D eigenvalue weighted by Gasteiger charge is 2.21. The third kappa shape index (κ3) is 5.12. The minimum absolute atomic E-state index is 0.0873. The number of halogens is 1. The lowest BCUT2D eigenvalue weighted by Crippen LogP contribution is -2.31. The molecule has 1 amide bonds. The predicted octanol–water partition coefficient (Wildman–Crippen LogP) is 3.84. The van der Waals surface area contributed by atoms with Crippen molar-refractivity contribution in [3.63, 3.8) is 0 Å². The zero-order valence-electron chi connectivity index (χ0n) is 17.3. The lowest BCUT2D eigenvalue weighted by Gasteiger charge is -2.22. The summed E-state index contributed by atoms with van der Waals surface area (Å²) >= 11 is 0. The van der Waals surface area contributed by atoms with Crippen LogP contribution in [0.3, 0.4) is 0 Å². The number of piperidine rings is 1. The van der Waals surface area contributed by atoms with Gasteiger partial charge in [0.2, 0.25) is 0 Å². The van der Waals surface area contributed by atoms with E-state index in [9.17, 15) is 17.6 Å². The van der Waals surface area contributed by atoms with Gasteiger partial charge in [-0.05, 0) is 94.2 Å². The van der Waals surface area contributed by atoms with E-state index in [1.165, 1.54) is 30.3 Å². The fourth-order valence-corrected chi connectivity index (χ4v) is 4.76. The highest BCUT2D eigenvalue weighted by Crippen LogP contribution is 2.24. The molecule has 1 heterocycles. The van der Waals surface area contributed by atoms with Crippen molar-refractivity contribution in [1.82, 2.24) is 5.32 Å². The molecule has 1 fully saturated rings. The number of nitrogens with one attached hydrogen (secondary N) is 2. The molecule has 1 saturated heterocycles. The van der Waals surface area contributed by atoms with E-state index >= 15 is 0 Å². The Labute approximate surface area is 176 Å². The summed E-state index contributed by atoms with van der Waals surface area (Å²) in [6.07, 6.45) is 1.75. The van der Waals surface area contributed by atoms with Gasteiger partial charge in [-0.2, -0.15) is 12.8 Å². The maximum Gasteiger partial charge on any atom is 0.282 e. The number of carbonyl (C=O) groups is 1. The first-order valence-corrected chi connectivity index (χ1v) is 11.3. The number of anilines is 1. The molecule has 0 unspecified atom stereocenters. The summed E-state index contributed by atoms with van der Waals surface area (Å²) in [5, 5.41) is 6.01. The maximum absolute atomic E-state index is 13.3. The van der Waals surface area contributed by atoms with Gasteiger partial charge in [0.1, 0.15) is 5.82 Å². The van der Waals surface area contributed by atoms with Crippen molar-refractivity contribution in [3.05, 3.63) is 58.9 Å². The molecule has 2 aromatic carbocycles. The summed E-state index contributed by atoms with van der Waals surface area (Å²) in [5.74, 6) is -0.624. The molecule has 2 aromatic rings. The van der Waals surface area contributed by atoms with Crippen LogP contribution >= 0.6 is 0 Å². The number of nitrogens with zero attached hydrogens (tertiary/aromatic N) is 1. The molecule has 0 radical (unpaired) electrons. The number of carbonyl (C=O) groups excluding carboxylic acids is 1. The van der Waals surface area contributed by atoms with Crippen LogP contribution in [0.25, 0.3) is 0 Å². The maximum atomic E-state index is 13.3. The molecule has 2 N–H and O–H groups in total. The van der Waals surface area contributed by atoms with Crippen molar-refractivity contribution in [2.24, 2.45) is 10.3 Å². The van der Waals surface area contributed by atoms with Crippen molar-refractivity contribution in [1.29, 1.82) is 0 Å². The van der Waals surface area contributed by atoms with Crippen molar-refractivity contribution < 1.29 is 17.6 Å². The Bertz CT molecular complexity index is 1090. The zero-order chi connectivity index (χ0) is 21.9. The van der Waals surface area contributed by atoms with E-state index in [2.05, 4.69) is 15.0 Å². The Balaban J connectivity index is 1.79. The Morgan fingerprint density at radius 3 is 2.43 bits per heavy atom. The number of sulfonamides is 1. The van der Waals surface area contributed by atoms with Crippen LogP contribution < -0.4 is 10.6 Å². The second-order valence-electron chi connectivity index (χ2n) is 7.62. The van der Waals surface area contributed by atoms with E-state index in [4.69, 9.17) is 0 Å². The van der Waals surface area contributed by atoms with E-state index in [1.807, 2.05) is 0 Å². The van der Waals surface area contributed by atoms with Gasteiger partial charge in [0.25, 0.3) is 15.9 Å². The number of benzene rings is 2. The predicted molar refractivity (Wildman–Crippen MR) is 116 cm³/mol. The molecule has 0 bridgehead atoms. The molecule has 3 rings (SSSR count). The first-order valence-electron chi connectivity index (χ1n) is 9.88. The number of aryl methyl sites for hydroxylation is 2. The monoisotopic (exact) mass is 431 g/mol. The Morgan fingerprint density at radius 1 is 1.10 bits per heavy atom. The molecule has 8 heteroatoms. The number of hydrogen-bond donors (Lipinski definition) is 2. The van der Waals surface area contributed by atoms with Crippen LogP contribution in [0, 0.1) is 25.6 Å². The van der Waals surface area contributed by atoms with Crippen molar-refractivity contribution in [2.45, 2.75) is 38.5 Å². The molecule has 0 aromatic heterocycles. The fraction of sp³-hybridized carbons (Fsp3) is 0.364. The van der Waals surface area contributed by atoms with Gasteiger partial charge in [0.15, 0.2) is 0 Å². The first kappa shape index (κ1) is 22.1. The van der Waals surface area contributed by atoms with Gasteiger partial charge in [-0.15, -0.1) is 0 Å². The molecular weight excluding hydrogens is 405 g/mol. The Hall–Kier alpha value is -2.58. The minimum atomic E-state index is -3.83. The van der Waals surface area contributed by atoms with Crippen LogP contribution in [-0.4, -0.2) is 33.1 Å². The number of hydrogen-bond acceptors (Lipinski definition) is 4. The van der Waals surface area contributed by atoms with E-state index in [0.29, 0.717) is 28.1 Å². The molecule has 6 nitrogen and oxygen atoms in total. The summed E-state index contributed by atoms with van der Waals surface area (Å²) < 4.78 is 42.8. The van der Waals surface area contributed by atoms with Crippen LogP contribution in [0.4, 0.5) is 10.1 Å². The van der Waals surface area contributed by atoms with Crippen molar-refractivity contribution >= 4 is 27.3 Å². The van der Waals surface area contributed by atoms with Gasteiger partial charge in [-0.3, -0.25) is 4.79 Å². The summed E-state index contributed by atoms with van der Waals surface area (Å²) in [7, 11) is -3.83. The Morgan fingerprint density at radius 2 is 1.80 bits per heavy atom. The van der Waals surface area contributed by atoms with E-state index in [1.54, 1.807) is 26.8 Å². The van der Waals surface area contributed by atoms with Crippen LogP contribution in [-0.2, 0) is 10.0 Å². The SMILES string of the molecule is CC(=NS(=O)(=O)c1ccc(NC(=O)c2ccc(F)cc2C)c(C)c1)C1CCNCC1. The smallest absolute Gasteiger partial charge is 0.282 e. The lowest BCUT2D eigenvalue weighted by molar-refractivity contribution is 0.102. The second-order valence-corrected chi connectivity index (χ2v) is 9.23. The summed E-state index contributed by atoms with van der Waals surface area (Å²) in [6.45, 7) is 6.86. The first-order chi connectivity index (χ1) is 14.2. The quantitative estimate of drug-likeness (QED) is 0.704. The summed E-state index contributed by atoms with van der Waals surface area (Å²) in [5.41, 5.74) is 2.58. The van der Waals surface area contributed by atoms with Crippen molar-refractivity contribution in [2.75, 3.05) is 18.4 Å². The lowest BCUT2D eigenvalue weighted by atomic mass is 9.94. The molecule has 160 valence electrons. The highest BCUT2D eigenvalue weighted by atomic mass is 32.2. The van der Waals surface area contributed by atoms with Gasteiger partial charge < -0.3 is 10.6 Å². The normalized spacial score (nSPS) is 15.8. The average molecular weight is 432 g/mol. The molecular formula is C22H26FN3O3S. The minimum Gasteiger partial charge on any atom is -0.322 e. The zero-order valence-corrected chi connectivity index (χ0v) is 18.1.